The summed E-state index contributed by atoms with van der Waals surface area (Å²) in [6, 6.07) is 5.03. The Kier molecular flexibility index (Phi) is 5.28. The van der Waals surface area contributed by atoms with Gasteiger partial charge in [0.25, 0.3) is 0 Å². The molecule has 1 aromatic rings. The first-order valence-corrected chi connectivity index (χ1v) is 6.71. The third kappa shape index (κ3) is 4.56. The zero-order valence-corrected chi connectivity index (χ0v) is 13.1. The Morgan fingerprint density at radius 1 is 1.17 bits per heavy atom. The van der Waals surface area contributed by atoms with Crippen molar-refractivity contribution >= 4 is 5.91 Å². The lowest BCUT2D eigenvalue weighted by Gasteiger charge is -2.29. The van der Waals surface area contributed by atoms with E-state index in [1.807, 2.05) is 0 Å². The molecule has 0 bridgehead atoms. The zero-order valence-electron chi connectivity index (χ0n) is 13.1. The lowest BCUT2D eigenvalue weighted by molar-refractivity contribution is -0.270. The molecule has 0 radical (unpaired) electrons. The number of aryl methyl sites for hydroxylation is 1. The lowest BCUT2D eigenvalue weighted by Crippen LogP contribution is -2.56. The molecule has 1 rings (SSSR count). The van der Waals surface area contributed by atoms with Crippen LogP contribution in [0, 0.1) is 6.92 Å². The molecule has 0 spiro atoms. The molecule has 0 aliphatic rings. The molecule has 3 nitrogen and oxygen atoms in total. The Morgan fingerprint density at radius 2 is 1.74 bits per heavy atom. The molecule has 0 saturated carbocycles. The van der Waals surface area contributed by atoms with Crippen LogP contribution in [0.25, 0.3) is 0 Å². The quantitative estimate of drug-likeness (QED) is 0.832. The van der Waals surface area contributed by atoms with Crippen LogP contribution in [0.4, 0.5) is 22.0 Å². The standard InChI is InChI=1S/C15H18F5NO2/c1-9-7-10(5-6-11(9)23-4)8-13(2,3)21-12(22)14(16,17)15(18,19)20/h5-7H,8H2,1-4H3,(H,21,22). The van der Waals surface area contributed by atoms with Crippen LogP contribution in [0.2, 0.25) is 0 Å². The van der Waals surface area contributed by atoms with Crippen LogP contribution >= 0.6 is 0 Å². The molecular formula is C15H18F5NO2. The number of nitrogens with one attached hydrogen (secondary N) is 1. The van der Waals surface area contributed by atoms with Crippen molar-refractivity contribution in [1.82, 2.24) is 5.32 Å². The number of hydrogen-bond acceptors (Lipinski definition) is 2. The average molecular weight is 339 g/mol. The molecule has 1 N–H and O–H groups in total. The van der Waals surface area contributed by atoms with Gasteiger partial charge >= 0.3 is 18.0 Å². The molecule has 0 saturated heterocycles. The normalized spacial score (nSPS) is 12.9. The average Bonchev–Trinajstić information content (AvgIpc) is 2.36. The second-order valence-corrected chi connectivity index (χ2v) is 5.89. The van der Waals surface area contributed by atoms with Gasteiger partial charge in [0.2, 0.25) is 0 Å². The minimum atomic E-state index is -5.93. The number of amides is 1. The van der Waals surface area contributed by atoms with Gasteiger partial charge in [-0.15, -0.1) is 0 Å². The molecule has 0 heterocycles. The Bertz CT molecular complexity index is 582. The molecule has 0 aliphatic carbocycles. The monoisotopic (exact) mass is 339 g/mol. The maximum Gasteiger partial charge on any atom is 0.463 e. The highest BCUT2D eigenvalue weighted by Gasteiger charge is 2.63. The third-order valence-corrected chi connectivity index (χ3v) is 3.20. The van der Waals surface area contributed by atoms with Gasteiger partial charge in [0.1, 0.15) is 5.75 Å². The lowest BCUT2D eigenvalue weighted by atomic mass is 9.93. The number of rotatable bonds is 5. The summed E-state index contributed by atoms with van der Waals surface area (Å²) in [6.45, 7) is 4.51. The fourth-order valence-electron chi connectivity index (χ4n) is 2.12. The van der Waals surface area contributed by atoms with Gasteiger partial charge in [0.05, 0.1) is 7.11 Å². The summed E-state index contributed by atoms with van der Waals surface area (Å²) in [5.41, 5.74) is 0.170. The van der Waals surface area contributed by atoms with Crippen LogP contribution in [0.15, 0.2) is 18.2 Å². The van der Waals surface area contributed by atoms with Crippen LogP contribution in [-0.4, -0.2) is 30.7 Å². The highest BCUT2D eigenvalue weighted by atomic mass is 19.4. The van der Waals surface area contributed by atoms with Crippen LogP contribution in [-0.2, 0) is 11.2 Å². The van der Waals surface area contributed by atoms with Crippen molar-refractivity contribution in [2.75, 3.05) is 7.11 Å². The maximum atomic E-state index is 13.0. The summed E-state index contributed by atoms with van der Waals surface area (Å²) >= 11 is 0. The third-order valence-electron chi connectivity index (χ3n) is 3.20. The Labute approximate surface area is 130 Å². The minimum Gasteiger partial charge on any atom is -0.496 e. The van der Waals surface area contributed by atoms with E-state index in [1.165, 1.54) is 21.0 Å². The second kappa shape index (κ2) is 6.33. The van der Waals surface area contributed by atoms with Crippen molar-refractivity contribution < 1.29 is 31.5 Å². The molecule has 0 aromatic heterocycles. The first-order chi connectivity index (χ1) is 10.3. The summed E-state index contributed by atoms with van der Waals surface area (Å²) in [5, 5.41) is 1.76. The van der Waals surface area contributed by atoms with Crippen molar-refractivity contribution in [1.29, 1.82) is 0 Å². The highest BCUT2D eigenvalue weighted by Crippen LogP contribution is 2.36. The summed E-state index contributed by atoms with van der Waals surface area (Å²) in [7, 11) is 1.49. The maximum absolute atomic E-state index is 13.0. The highest BCUT2D eigenvalue weighted by molar-refractivity contribution is 5.85. The zero-order chi connectivity index (χ0) is 18.1. The van der Waals surface area contributed by atoms with Gasteiger partial charge in [0.15, 0.2) is 0 Å². The topological polar surface area (TPSA) is 38.3 Å². The molecule has 130 valence electrons. The smallest absolute Gasteiger partial charge is 0.463 e. The molecular weight excluding hydrogens is 321 g/mol. The number of ether oxygens (including phenoxy) is 1. The van der Waals surface area contributed by atoms with Crippen molar-refractivity contribution in [2.24, 2.45) is 0 Å². The van der Waals surface area contributed by atoms with E-state index in [0.717, 1.165) is 5.56 Å². The predicted octanol–water partition coefficient (Wildman–Crippen LogP) is 3.64. The van der Waals surface area contributed by atoms with Gasteiger partial charge in [0, 0.05) is 5.54 Å². The number of methoxy groups -OCH3 is 1. The van der Waals surface area contributed by atoms with E-state index in [-0.39, 0.29) is 6.42 Å². The Hall–Kier alpha value is -1.86. The first kappa shape index (κ1) is 19.2. The Balaban J connectivity index is 2.88. The fraction of sp³-hybridized carbons (Fsp3) is 0.533. The van der Waals surface area contributed by atoms with Gasteiger partial charge in [-0.25, -0.2) is 0 Å². The van der Waals surface area contributed by atoms with Crippen LogP contribution < -0.4 is 10.1 Å². The number of halogens is 5. The summed E-state index contributed by atoms with van der Waals surface area (Å²) in [4.78, 5) is 11.3. The van der Waals surface area contributed by atoms with E-state index in [1.54, 1.807) is 30.4 Å². The van der Waals surface area contributed by atoms with Crippen molar-refractivity contribution in [2.45, 2.75) is 44.8 Å². The first-order valence-electron chi connectivity index (χ1n) is 6.71. The molecule has 23 heavy (non-hydrogen) atoms. The summed E-state index contributed by atoms with van der Waals surface area (Å²) in [5.74, 6) is -7.17. The van der Waals surface area contributed by atoms with Gasteiger partial charge in [-0.1, -0.05) is 12.1 Å². The Morgan fingerprint density at radius 3 is 2.17 bits per heavy atom. The number of carbonyl (C=O) groups excluding carboxylic acids is 1. The van der Waals surface area contributed by atoms with Crippen molar-refractivity contribution in [3.63, 3.8) is 0 Å². The van der Waals surface area contributed by atoms with E-state index >= 15 is 0 Å². The molecule has 0 atom stereocenters. The number of hydrogen-bond donors (Lipinski definition) is 1. The van der Waals surface area contributed by atoms with Gasteiger partial charge in [-0.3, -0.25) is 4.79 Å². The molecule has 0 fully saturated rings. The molecule has 0 unspecified atom stereocenters. The van der Waals surface area contributed by atoms with Crippen LogP contribution in [0.3, 0.4) is 0 Å². The fourth-order valence-corrected chi connectivity index (χ4v) is 2.12. The van der Waals surface area contributed by atoms with Gasteiger partial charge < -0.3 is 10.1 Å². The number of carbonyl (C=O) groups is 1. The molecule has 1 amide bonds. The van der Waals surface area contributed by atoms with Gasteiger partial charge in [-0.05, 0) is 44.4 Å². The van der Waals surface area contributed by atoms with E-state index in [0.29, 0.717) is 11.3 Å². The van der Waals surface area contributed by atoms with Crippen LogP contribution in [0.1, 0.15) is 25.0 Å². The SMILES string of the molecule is COc1ccc(CC(C)(C)NC(=O)C(F)(F)C(F)(F)F)cc1C. The van der Waals surface area contributed by atoms with Crippen molar-refractivity contribution in [3.8, 4) is 5.75 Å². The van der Waals surface area contributed by atoms with Crippen molar-refractivity contribution in [3.05, 3.63) is 29.3 Å². The largest absolute Gasteiger partial charge is 0.496 e. The van der Waals surface area contributed by atoms with Gasteiger partial charge in [-0.2, -0.15) is 22.0 Å². The molecule has 1 aromatic carbocycles. The number of alkyl halides is 5. The van der Waals surface area contributed by atoms with E-state index in [9.17, 15) is 26.7 Å². The molecule has 8 heteroatoms. The van der Waals surface area contributed by atoms with E-state index < -0.39 is 23.5 Å². The van der Waals surface area contributed by atoms with E-state index in [4.69, 9.17) is 4.74 Å². The molecule has 0 aliphatic heterocycles. The van der Waals surface area contributed by atoms with E-state index in [2.05, 4.69) is 0 Å². The predicted molar refractivity (Wildman–Crippen MR) is 74.7 cm³/mol. The van der Waals surface area contributed by atoms with Crippen LogP contribution in [0.5, 0.6) is 5.75 Å². The summed E-state index contributed by atoms with van der Waals surface area (Å²) in [6.07, 6.45) is -5.85. The minimum absolute atomic E-state index is 0.0809. The number of benzene rings is 1. The summed E-state index contributed by atoms with van der Waals surface area (Å²) < 4.78 is 67.7. The second-order valence-electron chi connectivity index (χ2n) is 5.89.